The lowest BCUT2D eigenvalue weighted by molar-refractivity contribution is -0.384. The average molecular weight is 404 g/mol. The second-order valence-corrected chi connectivity index (χ2v) is 5.90. The molecular formula is C13H11ClIN3O2. The quantitative estimate of drug-likeness (QED) is 0.329. The van der Waals surface area contributed by atoms with E-state index in [-0.39, 0.29) is 17.4 Å². The Balaban J connectivity index is 2.68. The van der Waals surface area contributed by atoms with Crippen LogP contribution in [0.3, 0.4) is 0 Å². The normalized spacial score (nSPS) is 10.8. The van der Waals surface area contributed by atoms with Crippen molar-refractivity contribution in [3.05, 3.63) is 48.8 Å². The summed E-state index contributed by atoms with van der Waals surface area (Å²) < 4.78 is 0.779. The highest BCUT2D eigenvalue weighted by molar-refractivity contribution is 14.1. The summed E-state index contributed by atoms with van der Waals surface area (Å²) in [5.41, 5.74) is 1.14. The van der Waals surface area contributed by atoms with Gasteiger partial charge in [0.15, 0.2) is 5.82 Å². The maximum atomic E-state index is 11.1. The van der Waals surface area contributed by atoms with Gasteiger partial charge in [-0.3, -0.25) is 10.1 Å². The lowest BCUT2D eigenvalue weighted by Crippen LogP contribution is -2.03. The molecule has 0 fully saturated rings. The summed E-state index contributed by atoms with van der Waals surface area (Å²) in [4.78, 5) is 19.2. The Labute approximate surface area is 134 Å². The Morgan fingerprint density at radius 1 is 1.30 bits per heavy atom. The number of para-hydroxylation sites is 1. The highest BCUT2D eigenvalue weighted by Crippen LogP contribution is 2.31. The summed E-state index contributed by atoms with van der Waals surface area (Å²) in [6.07, 6.45) is 0. The van der Waals surface area contributed by atoms with E-state index in [1.54, 1.807) is 18.2 Å². The van der Waals surface area contributed by atoms with Gasteiger partial charge in [0.2, 0.25) is 0 Å². The molecule has 0 saturated heterocycles. The Bertz CT molecular complexity index is 677. The SMILES string of the molecule is CC(C)c1nc(-c2ccccc2[N+](=O)[O-])nc(Cl)c1I. The summed E-state index contributed by atoms with van der Waals surface area (Å²) in [6, 6.07) is 6.38. The van der Waals surface area contributed by atoms with E-state index in [1.165, 1.54) is 6.07 Å². The van der Waals surface area contributed by atoms with Crippen molar-refractivity contribution in [1.29, 1.82) is 0 Å². The summed E-state index contributed by atoms with van der Waals surface area (Å²) in [5.74, 6) is 0.440. The minimum Gasteiger partial charge on any atom is -0.258 e. The molecule has 0 N–H and O–H groups in total. The molecule has 0 aliphatic rings. The maximum absolute atomic E-state index is 11.1. The van der Waals surface area contributed by atoms with Crippen molar-refractivity contribution < 1.29 is 4.92 Å². The molecule has 2 rings (SSSR count). The minimum absolute atomic E-state index is 0.0283. The zero-order chi connectivity index (χ0) is 14.9. The van der Waals surface area contributed by atoms with E-state index in [9.17, 15) is 10.1 Å². The molecule has 20 heavy (non-hydrogen) atoms. The molecular weight excluding hydrogens is 393 g/mol. The van der Waals surface area contributed by atoms with Gasteiger partial charge in [-0.2, -0.15) is 0 Å². The van der Waals surface area contributed by atoms with Crippen LogP contribution in [0, 0.1) is 13.7 Å². The first-order valence-electron chi connectivity index (χ1n) is 5.88. The number of hydrogen-bond acceptors (Lipinski definition) is 4. The van der Waals surface area contributed by atoms with Gasteiger partial charge in [0.1, 0.15) is 5.15 Å². The summed E-state index contributed by atoms with van der Waals surface area (Å²) >= 11 is 8.20. The van der Waals surface area contributed by atoms with E-state index in [1.807, 2.05) is 13.8 Å². The lowest BCUT2D eigenvalue weighted by Gasteiger charge is -2.11. The van der Waals surface area contributed by atoms with E-state index < -0.39 is 4.92 Å². The maximum Gasteiger partial charge on any atom is 0.280 e. The fraction of sp³-hybridized carbons (Fsp3) is 0.231. The molecule has 0 unspecified atom stereocenters. The van der Waals surface area contributed by atoms with Gasteiger partial charge in [0, 0.05) is 6.07 Å². The molecule has 0 amide bonds. The first-order chi connectivity index (χ1) is 9.41. The lowest BCUT2D eigenvalue weighted by atomic mass is 10.1. The van der Waals surface area contributed by atoms with Crippen molar-refractivity contribution in [2.24, 2.45) is 0 Å². The molecule has 0 atom stereocenters. The first kappa shape index (κ1) is 15.1. The van der Waals surface area contributed by atoms with Crippen LogP contribution < -0.4 is 0 Å². The summed E-state index contributed by atoms with van der Waals surface area (Å²) in [5, 5.41) is 11.4. The van der Waals surface area contributed by atoms with E-state index in [4.69, 9.17) is 11.6 Å². The number of nitrogens with zero attached hydrogens (tertiary/aromatic N) is 3. The van der Waals surface area contributed by atoms with Crippen LogP contribution in [0.1, 0.15) is 25.5 Å². The minimum atomic E-state index is -0.445. The fourth-order valence-electron chi connectivity index (χ4n) is 1.76. The third kappa shape index (κ3) is 2.90. The second-order valence-electron chi connectivity index (χ2n) is 4.47. The number of halogens is 2. The van der Waals surface area contributed by atoms with Gasteiger partial charge in [-0.15, -0.1) is 0 Å². The van der Waals surface area contributed by atoms with Crippen LogP contribution in [0.5, 0.6) is 0 Å². The van der Waals surface area contributed by atoms with Crippen molar-refractivity contribution >= 4 is 39.9 Å². The topological polar surface area (TPSA) is 68.9 Å². The van der Waals surface area contributed by atoms with Crippen molar-refractivity contribution in [3.8, 4) is 11.4 Å². The number of hydrogen-bond donors (Lipinski definition) is 0. The van der Waals surface area contributed by atoms with Crippen molar-refractivity contribution in [3.63, 3.8) is 0 Å². The molecule has 5 nitrogen and oxygen atoms in total. The summed E-state index contributed by atoms with van der Waals surface area (Å²) in [7, 11) is 0. The number of nitro groups is 1. The molecule has 2 aromatic rings. The van der Waals surface area contributed by atoms with Gasteiger partial charge in [-0.1, -0.05) is 37.6 Å². The molecule has 1 heterocycles. The van der Waals surface area contributed by atoms with E-state index >= 15 is 0 Å². The van der Waals surface area contributed by atoms with E-state index in [0.717, 1.165) is 9.26 Å². The smallest absolute Gasteiger partial charge is 0.258 e. The third-order valence-corrected chi connectivity index (χ3v) is 4.38. The zero-order valence-corrected chi connectivity index (χ0v) is 13.7. The molecule has 0 radical (unpaired) electrons. The Hall–Kier alpha value is -1.28. The highest BCUT2D eigenvalue weighted by Gasteiger charge is 2.20. The zero-order valence-electron chi connectivity index (χ0n) is 10.8. The Kier molecular flexibility index (Phi) is 4.54. The largest absolute Gasteiger partial charge is 0.280 e. The van der Waals surface area contributed by atoms with Crippen LogP contribution in [0.4, 0.5) is 5.69 Å². The van der Waals surface area contributed by atoms with Crippen molar-refractivity contribution in [1.82, 2.24) is 9.97 Å². The van der Waals surface area contributed by atoms with Gasteiger partial charge in [0.05, 0.1) is 19.8 Å². The molecule has 1 aromatic heterocycles. The number of rotatable bonds is 3. The van der Waals surface area contributed by atoms with E-state index in [0.29, 0.717) is 10.7 Å². The Morgan fingerprint density at radius 2 is 1.95 bits per heavy atom. The monoisotopic (exact) mass is 403 g/mol. The Morgan fingerprint density at radius 3 is 2.55 bits per heavy atom. The van der Waals surface area contributed by atoms with Gasteiger partial charge in [0.25, 0.3) is 5.69 Å². The van der Waals surface area contributed by atoms with Gasteiger partial charge in [-0.05, 0) is 34.6 Å². The predicted octanol–water partition coefficient (Wildman–Crippen LogP) is 4.43. The molecule has 0 saturated carbocycles. The van der Waals surface area contributed by atoms with Gasteiger partial charge >= 0.3 is 0 Å². The van der Waals surface area contributed by atoms with Crippen LogP contribution in [-0.4, -0.2) is 14.9 Å². The predicted molar refractivity (Wildman–Crippen MR) is 85.9 cm³/mol. The van der Waals surface area contributed by atoms with Gasteiger partial charge < -0.3 is 0 Å². The molecule has 0 aliphatic carbocycles. The molecule has 7 heteroatoms. The fourth-order valence-corrected chi connectivity index (χ4v) is 2.80. The number of aromatic nitrogens is 2. The van der Waals surface area contributed by atoms with Gasteiger partial charge in [-0.25, -0.2) is 9.97 Å². The molecule has 0 spiro atoms. The van der Waals surface area contributed by atoms with Crippen LogP contribution in [0.15, 0.2) is 24.3 Å². The van der Waals surface area contributed by atoms with Crippen molar-refractivity contribution in [2.75, 3.05) is 0 Å². The standard InChI is InChI=1S/C13H11ClIN3O2/c1-7(2)11-10(15)12(14)17-13(16-11)8-5-3-4-6-9(8)18(19)20/h3-7H,1-2H3. The highest BCUT2D eigenvalue weighted by atomic mass is 127. The summed E-state index contributed by atoms with van der Waals surface area (Å²) in [6.45, 7) is 3.98. The molecule has 104 valence electrons. The van der Waals surface area contributed by atoms with Crippen molar-refractivity contribution in [2.45, 2.75) is 19.8 Å². The van der Waals surface area contributed by atoms with Crippen LogP contribution in [0.25, 0.3) is 11.4 Å². The van der Waals surface area contributed by atoms with E-state index in [2.05, 4.69) is 32.6 Å². The number of benzene rings is 1. The van der Waals surface area contributed by atoms with Crippen LogP contribution >= 0.6 is 34.2 Å². The number of nitro benzene ring substituents is 1. The average Bonchev–Trinajstić information content (AvgIpc) is 2.41. The third-order valence-electron chi connectivity index (χ3n) is 2.72. The molecule has 0 bridgehead atoms. The first-order valence-corrected chi connectivity index (χ1v) is 7.34. The van der Waals surface area contributed by atoms with Crippen LogP contribution in [-0.2, 0) is 0 Å². The molecule has 0 aliphatic heterocycles. The molecule has 1 aromatic carbocycles. The van der Waals surface area contributed by atoms with Crippen LogP contribution in [0.2, 0.25) is 5.15 Å². The second kappa shape index (κ2) is 6.01.